The van der Waals surface area contributed by atoms with Gasteiger partial charge in [0, 0.05) is 4.90 Å². The molecule has 3 heteroatoms. The minimum absolute atomic E-state index is 0. The monoisotopic (exact) mass is 464 g/mol. The van der Waals surface area contributed by atoms with Crippen LogP contribution in [0.4, 0.5) is 0 Å². The largest absolute Gasteiger partial charge is 1.00 e. The van der Waals surface area contributed by atoms with Gasteiger partial charge in [0.25, 0.3) is 0 Å². The first-order valence-electron chi connectivity index (χ1n) is 9.12. The summed E-state index contributed by atoms with van der Waals surface area (Å²) in [5.41, 5.74) is 1.05. The zero-order valence-electron chi connectivity index (χ0n) is 15.5. The Balaban J connectivity index is 0.00000225. The van der Waals surface area contributed by atoms with Crippen molar-refractivity contribution >= 4 is 34.9 Å². The van der Waals surface area contributed by atoms with Gasteiger partial charge < -0.3 is 17.0 Å². The quantitative estimate of drug-likeness (QED) is 0.312. The molecule has 0 N–H and O–H groups in total. The second kappa shape index (κ2) is 10.1. The number of hydrogen-bond donors (Lipinski definition) is 0. The Morgan fingerprint density at radius 2 is 0.786 bits per heavy atom. The Hall–Kier alpha value is -1.86. The second-order valence-electron chi connectivity index (χ2n) is 6.40. The van der Waals surface area contributed by atoms with E-state index in [1.54, 1.807) is 0 Å². The maximum absolute atomic E-state index is 2.30. The summed E-state index contributed by atoms with van der Waals surface area (Å²) in [5.74, 6) is 0. The molecule has 4 rings (SSSR count). The van der Waals surface area contributed by atoms with Crippen LogP contribution in [0.1, 0.15) is 0 Å². The SMILES string of the molecule is [Br-].c1ccc(SC[P+](c2ccccc2)(c2ccccc2)c2ccccc2)cc1. The third-order valence-electron chi connectivity index (χ3n) is 4.76. The van der Waals surface area contributed by atoms with Crippen LogP contribution < -0.4 is 32.9 Å². The van der Waals surface area contributed by atoms with E-state index in [4.69, 9.17) is 0 Å². The zero-order valence-corrected chi connectivity index (χ0v) is 18.8. The van der Waals surface area contributed by atoms with E-state index in [0.29, 0.717) is 0 Å². The smallest absolute Gasteiger partial charge is 0.123 e. The van der Waals surface area contributed by atoms with Gasteiger partial charge in [-0.05, 0) is 48.5 Å². The van der Waals surface area contributed by atoms with Gasteiger partial charge in [0.1, 0.15) is 28.7 Å². The molecule has 0 aliphatic heterocycles. The molecule has 0 amide bonds. The number of halogens is 1. The lowest BCUT2D eigenvalue weighted by Gasteiger charge is -2.27. The van der Waals surface area contributed by atoms with Crippen LogP contribution in [0.3, 0.4) is 0 Å². The fourth-order valence-electron chi connectivity index (χ4n) is 3.41. The van der Waals surface area contributed by atoms with E-state index in [2.05, 4.69) is 121 Å². The summed E-state index contributed by atoms with van der Waals surface area (Å²) in [6.45, 7) is 0. The van der Waals surface area contributed by atoms with Gasteiger partial charge in [-0.25, -0.2) is 0 Å². The summed E-state index contributed by atoms with van der Waals surface area (Å²) in [5, 5.41) is 4.31. The Bertz CT molecular complexity index is 864. The van der Waals surface area contributed by atoms with Crippen LogP contribution in [0.2, 0.25) is 0 Å². The van der Waals surface area contributed by atoms with Crippen molar-refractivity contribution in [1.82, 2.24) is 0 Å². The number of hydrogen-bond acceptors (Lipinski definition) is 1. The van der Waals surface area contributed by atoms with Crippen molar-refractivity contribution in [2.45, 2.75) is 4.90 Å². The standard InChI is InChI=1S/C25H22PS.BrH/c1-5-13-22(14-6-1)26(23-15-7-2-8-16-23,24-17-9-3-10-18-24)21-27-25-19-11-4-12-20-25;/h1-20H,21H2;1H/q+1;/p-1. The minimum Gasteiger partial charge on any atom is -1.00 e. The molecule has 0 unspecified atom stereocenters. The van der Waals surface area contributed by atoms with Gasteiger partial charge >= 0.3 is 0 Å². The van der Waals surface area contributed by atoms with Crippen molar-refractivity contribution in [3.63, 3.8) is 0 Å². The molecular formula is C25H22BrPS. The topological polar surface area (TPSA) is 0 Å². The van der Waals surface area contributed by atoms with Crippen LogP contribution in [0.5, 0.6) is 0 Å². The summed E-state index contributed by atoms with van der Waals surface area (Å²) in [6, 6.07) is 43.9. The van der Waals surface area contributed by atoms with Gasteiger partial charge in [0.15, 0.2) is 0 Å². The molecule has 0 saturated heterocycles. The van der Waals surface area contributed by atoms with Crippen LogP contribution >= 0.6 is 19.0 Å². The average molecular weight is 465 g/mol. The maximum Gasteiger partial charge on any atom is 0.123 e. The second-order valence-corrected chi connectivity index (χ2v) is 11.4. The van der Waals surface area contributed by atoms with E-state index in [1.165, 1.54) is 20.8 Å². The van der Waals surface area contributed by atoms with Crippen molar-refractivity contribution in [3.8, 4) is 0 Å². The third kappa shape index (κ3) is 4.41. The molecule has 0 aliphatic carbocycles. The predicted octanol–water partition coefficient (Wildman–Crippen LogP) is 2.73. The highest BCUT2D eigenvalue weighted by Gasteiger charge is 2.45. The summed E-state index contributed by atoms with van der Waals surface area (Å²) in [4.78, 5) is 1.32. The van der Waals surface area contributed by atoms with Gasteiger partial charge in [-0.15, -0.1) is 0 Å². The molecule has 4 aromatic rings. The Kier molecular flexibility index (Phi) is 7.50. The molecule has 0 fully saturated rings. The van der Waals surface area contributed by atoms with Crippen LogP contribution in [-0.2, 0) is 0 Å². The average Bonchev–Trinajstić information content (AvgIpc) is 2.77. The van der Waals surface area contributed by atoms with Crippen LogP contribution in [0.25, 0.3) is 0 Å². The predicted molar refractivity (Wildman–Crippen MR) is 122 cm³/mol. The molecule has 0 spiro atoms. The van der Waals surface area contributed by atoms with Gasteiger partial charge in [-0.1, -0.05) is 84.6 Å². The third-order valence-corrected chi connectivity index (χ3v) is 11.0. The van der Waals surface area contributed by atoms with E-state index in [0.717, 1.165) is 5.49 Å². The first-order valence-corrected chi connectivity index (χ1v) is 12.1. The zero-order chi connectivity index (χ0) is 18.4. The summed E-state index contributed by atoms with van der Waals surface area (Å²) >= 11 is 1.96. The Morgan fingerprint density at radius 1 is 0.464 bits per heavy atom. The van der Waals surface area contributed by atoms with Gasteiger partial charge in [-0.3, -0.25) is 0 Å². The van der Waals surface area contributed by atoms with E-state index < -0.39 is 7.26 Å². The summed E-state index contributed by atoms with van der Waals surface area (Å²) in [7, 11) is -1.76. The van der Waals surface area contributed by atoms with Crippen LogP contribution in [0, 0.1) is 0 Å². The number of rotatable bonds is 6. The Labute approximate surface area is 183 Å². The Morgan fingerprint density at radius 3 is 1.14 bits per heavy atom. The lowest BCUT2D eigenvalue weighted by Crippen LogP contribution is -3.00. The molecular weight excluding hydrogens is 443 g/mol. The fourth-order valence-corrected chi connectivity index (χ4v) is 9.85. The molecule has 0 nitrogen and oxygen atoms in total. The lowest BCUT2D eigenvalue weighted by molar-refractivity contribution is -0.00000515. The van der Waals surface area contributed by atoms with Crippen molar-refractivity contribution in [3.05, 3.63) is 121 Å². The van der Waals surface area contributed by atoms with Crippen molar-refractivity contribution < 1.29 is 17.0 Å². The molecule has 0 heterocycles. The van der Waals surface area contributed by atoms with Gasteiger partial charge in [0.2, 0.25) is 0 Å². The van der Waals surface area contributed by atoms with E-state index in [1.807, 2.05) is 11.8 Å². The molecule has 4 aromatic carbocycles. The summed E-state index contributed by atoms with van der Waals surface area (Å²) in [6.07, 6.45) is 0. The molecule has 140 valence electrons. The molecule has 0 aliphatic rings. The fraction of sp³-hybridized carbons (Fsp3) is 0.0400. The highest BCUT2D eigenvalue weighted by atomic mass is 79.9. The first kappa shape index (κ1) is 20.9. The van der Waals surface area contributed by atoms with Crippen LogP contribution in [-0.4, -0.2) is 5.49 Å². The van der Waals surface area contributed by atoms with Crippen molar-refractivity contribution in [2.24, 2.45) is 0 Å². The minimum atomic E-state index is -1.76. The van der Waals surface area contributed by atoms with Gasteiger partial charge in [0.05, 0.1) is 0 Å². The molecule has 28 heavy (non-hydrogen) atoms. The normalized spacial score (nSPS) is 10.9. The lowest BCUT2D eigenvalue weighted by atomic mass is 10.4. The van der Waals surface area contributed by atoms with E-state index >= 15 is 0 Å². The summed E-state index contributed by atoms with van der Waals surface area (Å²) < 4.78 is 0. The molecule has 0 aromatic heterocycles. The molecule has 0 atom stereocenters. The van der Waals surface area contributed by atoms with E-state index in [-0.39, 0.29) is 17.0 Å². The van der Waals surface area contributed by atoms with Crippen molar-refractivity contribution in [1.29, 1.82) is 0 Å². The van der Waals surface area contributed by atoms with E-state index in [9.17, 15) is 0 Å². The van der Waals surface area contributed by atoms with Crippen molar-refractivity contribution in [2.75, 3.05) is 5.49 Å². The number of thioether (sulfide) groups is 1. The first-order chi connectivity index (χ1) is 13.4. The maximum atomic E-state index is 2.30. The highest BCUT2D eigenvalue weighted by molar-refractivity contribution is 8.13. The highest BCUT2D eigenvalue weighted by Crippen LogP contribution is 2.58. The number of benzene rings is 4. The molecule has 0 bridgehead atoms. The van der Waals surface area contributed by atoms with Gasteiger partial charge in [-0.2, -0.15) is 0 Å². The molecule has 0 radical (unpaired) electrons. The van der Waals surface area contributed by atoms with Crippen LogP contribution in [0.15, 0.2) is 126 Å². The molecule has 0 saturated carbocycles.